The van der Waals surface area contributed by atoms with E-state index in [4.69, 9.17) is 20.8 Å². The summed E-state index contributed by atoms with van der Waals surface area (Å²) < 4.78 is 12.8. The van der Waals surface area contributed by atoms with Crippen molar-refractivity contribution in [1.29, 1.82) is 0 Å². The van der Waals surface area contributed by atoms with E-state index in [1.165, 1.54) is 6.21 Å². The Morgan fingerprint density at radius 3 is 2.55 bits per heavy atom. The number of carbonyl (C=O) groups is 2. The quantitative estimate of drug-likeness (QED) is 0.141. The zero-order chi connectivity index (χ0) is 26.5. The van der Waals surface area contributed by atoms with Gasteiger partial charge in [-0.25, -0.2) is 10.2 Å². The Hall–Kier alpha value is -4.62. The maximum Gasteiger partial charge on any atom is 0.338 e. The van der Waals surface area contributed by atoms with Crippen molar-refractivity contribution in [2.75, 3.05) is 6.61 Å². The van der Waals surface area contributed by atoms with E-state index in [2.05, 4.69) is 10.5 Å². The number of hydrogen-bond acceptors (Lipinski definition) is 5. The van der Waals surface area contributed by atoms with Crippen LogP contribution in [-0.4, -0.2) is 29.3 Å². The molecule has 0 bridgehead atoms. The van der Waals surface area contributed by atoms with Crippen molar-refractivity contribution in [2.45, 2.75) is 13.5 Å². The lowest BCUT2D eigenvalue weighted by atomic mass is 10.1. The van der Waals surface area contributed by atoms with Gasteiger partial charge in [0.15, 0.2) is 0 Å². The number of para-hydroxylation sites is 1. The standard InChI is InChI=1S/C30H24ClN3O4/c1-2-37-30(36)21-13-11-20(12-14-21)28-16-15-23(38-28)17-32-33-29(35)25-19-34(27-10-6-4-8-24(25)27)18-22-7-3-5-9-26(22)31/h3-17,19H,2,18H2,1H3,(H,33,35). The highest BCUT2D eigenvalue weighted by molar-refractivity contribution is 6.31. The number of benzene rings is 3. The van der Waals surface area contributed by atoms with E-state index in [0.29, 0.717) is 40.8 Å². The molecule has 8 heteroatoms. The summed E-state index contributed by atoms with van der Waals surface area (Å²) in [5.74, 6) is 0.373. The van der Waals surface area contributed by atoms with Crippen LogP contribution in [0.25, 0.3) is 22.2 Å². The number of hydrazone groups is 1. The molecule has 0 aliphatic heterocycles. The van der Waals surface area contributed by atoms with E-state index in [1.807, 2.05) is 59.3 Å². The fourth-order valence-electron chi connectivity index (χ4n) is 4.15. The van der Waals surface area contributed by atoms with Crippen LogP contribution in [0.5, 0.6) is 0 Å². The highest BCUT2D eigenvalue weighted by Gasteiger charge is 2.15. The van der Waals surface area contributed by atoms with Crippen LogP contribution < -0.4 is 5.43 Å². The lowest BCUT2D eigenvalue weighted by molar-refractivity contribution is 0.0526. The third kappa shape index (κ3) is 5.38. The minimum Gasteiger partial charge on any atom is -0.462 e. The predicted molar refractivity (Wildman–Crippen MR) is 148 cm³/mol. The van der Waals surface area contributed by atoms with Crippen molar-refractivity contribution in [1.82, 2.24) is 9.99 Å². The van der Waals surface area contributed by atoms with Gasteiger partial charge in [-0.15, -0.1) is 0 Å². The van der Waals surface area contributed by atoms with E-state index in [0.717, 1.165) is 22.0 Å². The van der Waals surface area contributed by atoms with Gasteiger partial charge in [-0.2, -0.15) is 5.10 Å². The first-order valence-electron chi connectivity index (χ1n) is 12.1. The second kappa shape index (κ2) is 11.2. The normalized spacial score (nSPS) is 11.2. The van der Waals surface area contributed by atoms with Crippen molar-refractivity contribution >= 4 is 40.6 Å². The lowest BCUT2D eigenvalue weighted by Gasteiger charge is -2.07. The lowest BCUT2D eigenvalue weighted by Crippen LogP contribution is -2.17. The SMILES string of the molecule is CCOC(=O)c1ccc(-c2ccc(C=NNC(=O)c3cn(Cc4ccccc4Cl)c4ccccc34)o2)cc1. The van der Waals surface area contributed by atoms with Crippen LogP contribution in [0.3, 0.4) is 0 Å². The highest BCUT2D eigenvalue weighted by Crippen LogP contribution is 2.25. The second-order valence-electron chi connectivity index (χ2n) is 8.48. The van der Waals surface area contributed by atoms with Crippen LogP contribution in [0.4, 0.5) is 0 Å². The molecule has 2 aromatic heterocycles. The van der Waals surface area contributed by atoms with Crippen molar-refractivity contribution in [2.24, 2.45) is 5.10 Å². The van der Waals surface area contributed by atoms with Crippen LogP contribution in [0, 0.1) is 0 Å². The molecule has 38 heavy (non-hydrogen) atoms. The Morgan fingerprint density at radius 2 is 1.76 bits per heavy atom. The number of carbonyl (C=O) groups excluding carboxylic acids is 2. The molecule has 0 atom stereocenters. The third-order valence-electron chi connectivity index (χ3n) is 6.00. The zero-order valence-corrected chi connectivity index (χ0v) is 21.3. The van der Waals surface area contributed by atoms with Gasteiger partial charge in [0.1, 0.15) is 11.5 Å². The summed E-state index contributed by atoms with van der Waals surface area (Å²) in [4.78, 5) is 24.8. The van der Waals surface area contributed by atoms with Gasteiger partial charge < -0.3 is 13.7 Å². The summed E-state index contributed by atoms with van der Waals surface area (Å²) in [6, 6.07) is 25.8. The molecule has 190 valence electrons. The second-order valence-corrected chi connectivity index (χ2v) is 8.89. The minimum atomic E-state index is -0.367. The van der Waals surface area contributed by atoms with Crippen LogP contribution >= 0.6 is 11.6 Å². The largest absolute Gasteiger partial charge is 0.462 e. The zero-order valence-electron chi connectivity index (χ0n) is 20.6. The minimum absolute atomic E-state index is 0.322. The van der Waals surface area contributed by atoms with Crippen molar-refractivity contribution in [3.8, 4) is 11.3 Å². The van der Waals surface area contributed by atoms with Gasteiger partial charge >= 0.3 is 5.97 Å². The van der Waals surface area contributed by atoms with Gasteiger partial charge in [0.05, 0.1) is 23.9 Å². The summed E-state index contributed by atoms with van der Waals surface area (Å²) in [5, 5.41) is 5.58. The number of nitrogens with one attached hydrogen (secondary N) is 1. The number of rotatable bonds is 8. The van der Waals surface area contributed by atoms with E-state index in [-0.39, 0.29) is 11.9 Å². The van der Waals surface area contributed by atoms with Crippen LogP contribution in [0.1, 0.15) is 39.0 Å². The number of fused-ring (bicyclic) bond motifs is 1. The first kappa shape index (κ1) is 25.0. The number of ether oxygens (including phenoxy) is 1. The van der Waals surface area contributed by atoms with E-state index < -0.39 is 0 Å². The number of amides is 1. The molecule has 2 heterocycles. The van der Waals surface area contributed by atoms with Crippen LogP contribution in [0.2, 0.25) is 5.02 Å². The summed E-state index contributed by atoms with van der Waals surface area (Å²) >= 11 is 6.35. The number of furan rings is 1. The predicted octanol–water partition coefficient (Wildman–Crippen LogP) is 6.54. The Morgan fingerprint density at radius 1 is 1.00 bits per heavy atom. The molecule has 1 N–H and O–H groups in total. The van der Waals surface area contributed by atoms with Crippen LogP contribution in [0.15, 0.2) is 101 Å². The third-order valence-corrected chi connectivity index (χ3v) is 6.37. The van der Waals surface area contributed by atoms with Crippen LogP contribution in [-0.2, 0) is 11.3 Å². The number of hydrogen-bond donors (Lipinski definition) is 1. The monoisotopic (exact) mass is 525 g/mol. The molecule has 5 aromatic rings. The number of nitrogens with zero attached hydrogens (tertiary/aromatic N) is 2. The van der Waals surface area contributed by atoms with Gasteiger partial charge in [-0.05, 0) is 48.9 Å². The number of aromatic nitrogens is 1. The van der Waals surface area contributed by atoms with Gasteiger partial charge in [-0.1, -0.05) is 60.1 Å². The van der Waals surface area contributed by atoms with Gasteiger partial charge in [0.25, 0.3) is 5.91 Å². The number of esters is 1. The Labute approximate surface area is 224 Å². The van der Waals surface area contributed by atoms with Gasteiger partial charge in [-0.3, -0.25) is 4.79 Å². The number of halogens is 1. The van der Waals surface area contributed by atoms with Crippen molar-refractivity contribution in [3.05, 3.63) is 119 Å². The summed E-state index contributed by atoms with van der Waals surface area (Å²) in [6.07, 6.45) is 3.25. The van der Waals surface area contributed by atoms with E-state index in [9.17, 15) is 9.59 Å². The molecular weight excluding hydrogens is 502 g/mol. The summed E-state index contributed by atoms with van der Waals surface area (Å²) in [6.45, 7) is 2.62. The molecule has 3 aromatic carbocycles. The maximum atomic E-state index is 13.0. The molecule has 5 rings (SSSR count). The van der Waals surface area contributed by atoms with Gasteiger partial charge in [0, 0.05) is 34.2 Å². The maximum absolute atomic E-state index is 13.0. The smallest absolute Gasteiger partial charge is 0.338 e. The fourth-order valence-corrected chi connectivity index (χ4v) is 4.34. The average molecular weight is 526 g/mol. The highest BCUT2D eigenvalue weighted by atomic mass is 35.5. The average Bonchev–Trinajstić information content (AvgIpc) is 3.55. The molecule has 0 spiro atoms. The van der Waals surface area contributed by atoms with Crippen molar-refractivity contribution in [3.63, 3.8) is 0 Å². The molecule has 0 aliphatic carbocycles. The molecule has 0 fully saturated rings. The molecule has 1 amide bonds. The Kier molecular flexibility index (Phi) is 7.38. The molecule has 7 nitrogen and oxygen atoms in total. The first-order valence-corrected chi connectivity index (χ1v) is 12.4. The molecule has 0 radical (unpaired) electrons. The molecule has 0 saturated heterocycles. The first-order chi connectivity index (χ1) is 18.5. The fraction of sp³-hybridized carbons (Fsp3) is 0.100. The van der Waals surface area contributed by atoms with E-state index in [1.54, 1.807) is 43.3 Å². The Balaban J connectivity index is 1.28. The summed E-state index contributed by atoms with van der Waals surface area (Å²) in [7, 11) is 0. The molecule has 0 saturated carbocycles. The van der Waals surface area contributed by atoms with Crippen molar-refractivity contribution < 1.29 is 18.7 Å². The van der Waals surface area contributed by atoms with E-state index >= 15 is 0 Å². The molecule has 0 unspecified atom stereocenters. The topological polar surface area (TPSA) is 85.8 Å². The molecular formula is C30H24ClN3O4. The molecule has 0 aliphatic rings. The Bertz CT molecular complexity index is 1630. The van der Waals surface area contributed by atoms with Gasteiger partial charge in [0.2, 0.25) is 0 Å². The summed E-state index contributed by atoms with van der Waals surface area (Å²) in [5.41, 5.74) is 6.25.